The van der Waals surface area contributed by atoms with Gasteiger partial charge in [0, 0.05) is 25.3 Å². The van der Waals surface area contributed by atoms with Crippen molar-refractivity contribution in [3.8, 4) is 0 Å². The molecule has 0 radical (unpaired) electrons. The van der Waals surface area contributed by atoms with Crippen LogP contribution in [0.3, 0.4) is 0 Å². The molecule has 1 aliphatic heterocycles. The fourth-order valence-corrected chi connectivity index (χ4v) is 2.43. The van der Waals surface area contributed by atoms with E-state index in [-0.39, 0.29) is 12.1 Å². The molecule has 0 unspecified atom stereocenters. The van der Waals surface area contributed by atoms with Gasteiger partial charge in [0.05, 0.1) is 17.6 Å². The number of nitrogens with zero attached hydrogens (tertiary/aromatic N) is 2. The molecule has 1 aromatic heterocycles. The van der Waals surface area contributed by atoms with E-state index in [1.807, 2.05) is 26.8 Å². The van der Waals surface area contributed by atoms with Crippen LogP contribution >= 0.6 is 0 Å². The number of amides is 1. The Labute approximate surface area is 125 Å². The maximum atomic E-state index is 11.8. The predicted molar refractivity (Wildman–Crippen MR) is 83.3 cm³/mol. The van der Waals surface area contributed by atoms with E-state index in [2.05, 4.69) is 15.2 Å². The van der Waals surface area contributed by atoms with E-state index in [1.165, 1.54) is 0 Å². The van der Waals surface area contributed by atoms with Gasteiger partial charge in [0.25, 0.3) is 0 Å². The van der Waals surface area contributed by atoms with Gasteiger partial charge in [-0.2, -0.15) is 0 Å². The molecule has 1 aromatic rings. The molecule has 2 rings (SSSR count). The van der Waals surface area contributed by atoms with E-state index < -0.39 is 5.60 Å². The van der Waals surface area contributed by atoms with Crippen molar-refractivity contribution in [2.24, 2.45) is 0 Å². The minimum Gasteiger partial charge on any atom is -0.444 e. The zero-order valence-corrected chi connectivity index (χ0v) is 12.9. The van der Waals surface area contributed by atoms with Crippen LogP contribution in [0, 0.1) is 0 Å². The fraction of sp³-hybridized carbons (Fsp3) is 0.600. The Hall–Kier alpha value is -1.98. The second-order valence-electron chi connectivity index (χ2n) is 6.34. The number of aromatic nitrogens is 1. The number of nitrogens with two attached hydrogens (primary N) is 1. The van der Waals surface area contributed by atoms with E-state index in [0.29, 0.717) is 5.69 Å². The van der Waals surface area contributed by atoms with Crippen LogP contribution in [0.4, 0.5) is 16.2 Å². The van der Waals surface area contributed by atoms with Crippen LogP contribution in [-0.2, 0) is 4.74 Å². The zero-order valence-electron chi connectivity index (χ0n) is 12.9. The Morgan fingerprint density at radius 2 is 2.10 bits per heavy atom. The van der Waals surface area contributed by atoms with Gasteiger partial charge in [0.1, 0.15) is 5.60 Å². The average Bonchev–Trinajstić information content (AvgIpc) is 2.38. The van der Waals surface area contributed by atoms with Crippen LogP contribution in [0.2, 0.25) is 0 Å². The molecule has 3 N–H and O–H groups in total. The SMILES string of the molecule is CC(C)(C)OC(=O)NC1CCN(c2ccncc2N)CC1. The fourth-order valence-electron chi connectivity index (χ4n) is 2.43. The summed E-state index contributed by atoms with van der Waals surface area (Å²) in [6, 6.07) is 2.08. The zero-order chi connectivity index (χ0) is 15.5. The van der Waals surface area contributed by atoms with Crippen LogP contribution in [0.1, 0.15) is 33.6 Å². The molecule has 6 heteroatoms. The number of nitrogens with one attached hydrogen (secondary N) is 1. The van der Waals surface area contributed by atoms with Gasteiger partial charge in [-0.1, -0.05) is 0 Å². The van der Waals surface area contributed by atoms with Crippen LogP contribution < -0.4 is 16.0 Å². The molecule has 0 aromatic carbocycles. The lowest BCUT2D eigenvalue weighted by atomic mass is 10.0. The van der Waals surface area contributed by atoms with Crippen molar-refractivity contribution < 1.29 is 9.53 Å². The molecular weight excluding hydrogens is 268 g/mol. The Morgan fingerprint density at radius 3 is 2.67 bits per heavy atom. The molecule has 0 spiro atoms. The number of piperidine rings is 1. The number of anilines is 2. The summed E-state index contributed by atoms with van der Waals surface area (Å²) in [6.45, 7) is 7.30. The van der Waals surface area contributed by atoms with Crippen molar-refractivity contribution in [3.05, 3.63) is 18.5 Å². The summed E-state index contributed by atoms with van der Waals surface area (Å²) >= 11 is 0. The topological polar surface area (TPSA) is 80.5 Å². The molecule has 0 saturated carbocycles. The number of carbonyl (C=O) groups excluding carboxylic acids is 1. The third-order valence-corrected chi connectivity index (χ3v) is 3.38. The van der Waals surface area contributed by atoms with Gasteiger partial charge in [-0.3, -0.25) is 4.98 Å². The molecule has 21 heavy (non-hydrogen) atoms. The van der Waals surface area contributed by atoms with Gasteiger partial charge in [-0.25, -0.2) is 4.79 Å². The average molecular weight is 292 g/mol. The van der Waals surface area contributed by atoms with Crippen LogP contribution in [0.5, 0.6) is 0 Å². The second-order valence-corrected chi connectivity index (χ2v) is 6.34. The molecular formula is C15H24N4O2. The molecule has 1 aliphatic rings. The molecule has 1 amide bonds. The summed E-state index contributed by atoms with van der Waals surface area (Å²) in [5.41, 5.74) is 7.19. The van der Waals surface area contributed by atoms with E-state index >= 15 is 0 Å². The Bertz CT molecular complexity index is 491. The molecule has 0 atom stereocenters. The van der Waals surface area contributed by atoms with Crippen LogP contribution in [0.25, 0.3) is 0 Å². The smallest absolute Gasteiger partial charge is 0.407 e. The first-order valence-corrected chi connectivity index (χ1v) is 7.29. The van der Waals surface area contributed by atoms with Gasteiger partial charge in [-0.05, 0) is 39.7 Å². The Morgan fingerprint density at radius 1 is 1.43 bits per heavy atom. The third kappa shape index (κ3) is 4.51. The highest BCUT2D eigenvalue weighted by Gasteiger charge is 2.24. The van der Waals surface area contributed by atoms with Crippen molar-refractivity contribution in [1.29, 1.82) is 0 Å². The van der Waals surface area contributed by atoms with Crippen molar-refractivity contribution >= 4 is 17.5 Å². The molecule has 1 fully saturated rings. The quantitative estimate of drug-likeness (QED) is 0.873. The van der Waals surface area contributed by atoms with Crippen molar-refractivity contribution in [2.45, 2.75) is 45.3 Å². The number of rotatable bonds is 2. The second kappa shape index (κ2) is 6.20. The normalized spacial score (nSPS) is 16.6. The maximum Gasteiger partial charge on any atom is 0.407 e. The van der Waals surface area contributed by atoms with Gasteiger partial charge < -0.3 is 20.7 Å². The minimum atomic E-state index is -0.462. The summed E-state index contributed by atoms with van der Waals surface area (Å²) in [7, 11) is 0. The summed E-state index contributed by atoms with van der Waals surface area (Å²) in [5, 5.41) is 2.93. The standard InChI is InChI=1S/C15H24N4O2/c1-15(2,3)21-14(20)18-11-5-8-19(9-6-11)13-4-7-17-10-12(13)16/h4,7,10-11H,5-6,8-9,16H2,1-3H3,(H,18,20). The van der Waals surface area contributed by atoms with Crippen molar-refractivity contribution in [2.75, 3.05) is 23.7 Å². The maximum absolute atomic E-state index is 11.8. The molecule has 1 saturated heterocycles. The number of carbonyl (C=O) groups is 1. The lowest BCUT2D eigenvalue weighted by molar-refractivity contribution is 0.0497. The van der Waals surface area contributed by atoms with Crippen LogP contribution in [0.15, 0.2) is 18.5 Å². The Kier molecular flexibility index (Phi) is 4.55. The number of nitrogen functional groups attached to an aromatic ring is 1. The monoisotopic (exact) mass is 292 g/mol. The Balaban J connectivity index is 1.84. The molecule has 2 heterocycles. The first-order chi connectivity index (χ1) is 9.85. The van der Waals surface area contributed by atoms with Gasteiger partial charge in [0.15, 0.2) is 0 Å². The summed E-state index contributed by atoms with van der Waals surface area (Å²) < 4.78 is 5.28. The summed E-state index contributed by atoms with van der Waals surface area (Å²) in [5.74, 6) is 0. The molecule has 6 nitrogen and oxygen atoms in total. The van der Waals surface area contributed by atoms with Crippen molar-refractivity contribution in [3.63, 3.8) is 0 Å². The summed E-state index contributed by atoms with van der Waals surface area (Å²) in [4.78, 5) is 18.0. The number of hydrogen-bond acceptors (Lipinski definition) is 5. The highest BCUT2D eigenvalue weighted by molar-refractivity contribution is 5.68. The lowest BCUT2D eigenvalue weighted by Crippen LogP contribution is -2.46. The molecule has 0 aliphatic carbocycles. The number of ether oxygens (including phenoxy) is 1. The van der Waals surface area contributed by atoms with Gasteiger partial charge >= 0.3 is 6.09 Å². The first kappa shape index (κ1) is 15.4. The summed E-state index contributed by atoms with van der Waals surface area (Å²) in [6.07, 6.45) is 4.82. The largest absolute Gasteiger partial charge is 0.444 e. The van der Waals surface area contributed by atoms with E-state index in [4.69, 9.17) is 10.5 Å². The van der Waals surface area contributed by atoms with Crippen LogP contribution in [-0.4, -0.2) is 35.8 Å². The third-order valence-electron chi connectivity index (χ3n) is 3.38. The molecule has 0 bridgehead atoms. The number of pyridine rings is 1. The predicted octanol–water partition coefficient (Wildman–Crippen LogP) is 2.16. The first-order valence-electron chi connectivity index (χ1n) is 7.29. The van der Waals surface area contributed by atoms with E-state index in [9.17, 15) is 4.79 Å². The highest BCUT2D eigenvalue weighted by atomic mass is 16.6. The number of hydrogen-bond donors (Lipinski definition) is 2. The number of alkyl carbamates (subject to hydrolysis) is 1. The highest BCUT2D eigenvalue weighted by Crippen LogP contribution is 2.25. The van der Waals surface area contributed by atoms with Gasteiger partial charge in [-0.15, -0.1) is 0 Å². The minimum absolute atomic E-state index is 0.152. The lowest BCUT2D eigenvalue weighted by Gasteiger charge is -2.34. The molecule has 116 valence electrons. The van der Waals surface area contributed by atoms with E-state index in [0.717, 1.165) is 31.6 Å². The van der Waals surface area contributed by atoms with Crippen molar-refractivity contribution in [1.82, 2.24) is 10.3 Å². The van der Waals surface area contributed by atoms with Gasteiger partial charge in [0.2, 0.25) is 0 Å². The van der Waals surface area contributed by atoms with E-state index in [1.54, 1.807) is 12.4 Å².